The van der Waals surface area contributed by atoms with E-state index in [4.69, 9.17) is 4.74 Å². The van der Waals surface area contributed by atoms with Crippen molar-refractivity contribution in [2.45, 2.75) is 13.3 Å². The fraction of sp³-hybridized carbons (Fsp3) is 0.462. The lowest BCUT2D eigenvalue weighted by Crippen LogP contribution is -2.16. The van der Waals surface area contributed by atoms with Crippen molar-refractivity contribution >= 4 is 5.78 Å². The normalized spacial score (nSPS) is 10.5. The van der Waals surface area contributed by atoms with Crippen molar-refractivity contribution in [1.82, 2.24) is 4.90 Å². The second kappa shape index (κ2) is 6.28. The van der Waals surface area contributed by atoms with Gasteiger partial charge in [-0.15, -0.1) is 0 Å². The zero-order valence-corrected chi connectivity index (χ0v) is 10.2. The van der Waals surface area contributed by atoms with Gasteiger partial charge in [-0.25, -0.2) is 0 Å². The lowest BCUT2D eigenvalue weighted by Gasteiger charge is -2.08. The molecule has 3 heteroatoms. The number of Topliss-reactive ketones (excluding diaryl/α,β-unsaturated/α-hetero) is 1. The molecule has 0 saturated heterocycles. The highest BCUT2D eigenvalue weighted by Crippen LogP contribution is 2.13. The topological polar surface area (TPSA) is 29.5 Å². The molecule has 0 aliphatic rings. The number of ether oxygens (including phenoxy) is 1. The van der Waals surface area contributed by atoms with E-state index in [1.54, 1.807) is 0 Å². The van der Waals surface area contributed by atoms with Crippen LogP contribution in [-0.4, -0.2) is 37.9 Å². The molecule has 3 nitrogen and oxygen atoms in total. The van der Waals surface area contributed by atoms with E-state index in [1.165, 1.54) is 0 Å². The molecule has 0 atom stereocenters. The number of hydrogen-bond donors (Lipinski definition) is 0. The first-order valence-corrected chi connectivity index (χ1v) is 5.54. The van der Waals surface area contributed by atoms with E-state index in [1.807, 2.05) is 50.2 Å². The molecule has 0 saturated carbocycles. The molecule has 0 amide bonds. The number of benzene rings is 1. The predicted molar refractivity (Wildman–Crippen MR) is 65.1 cm³/mol. The molecule has 16 heavy (non-hydrogen) atoms. The van der Waals surface area contributed by atoms with Crippen LogP contribution < -0.4 is 4.74 Å². The summed E-state index contributed by atoms with van der Waals surface area (Å²) < 4.78 is 5.32. The Labute approximate surface area is 97.0 Å². The van der Waals surface area contributed by atoms with E-state index in [9.17, 15) is 4.79 Å². The first-order chi connectivity index (χ1) is 7.63. The van der Waals surface area contributed by atoms with Crippen LogP contribution in [0, 0.1) is 0 Å². The summed E-state index contributed by atoms with van der Waals surface area (Å²) in [6.07, 6.45) is 0.557. The van der Waals surface area contributed by atoms with E-state index in [0.29, 0.717) is 13.0 Å². The van der Waals surface area contributed by atoms with Crippen molar-refractivity contribution in [3.63, 3.8) is 0 Å². The van der Waals surface area contributed by atoms with Gasteiger partial charge in [-0.3, -0.25) is 4.79 Å². The number of rotatable bonds is 6. The van der Waals surface area contributed by atoms with Crippen LogP contribution >= 0.6 is 0 Å². The van der Waals surface area contributed by atoms with Gasteiger partial charge in [0.05, 0.1) is 6.61 Å². The molecule has 0 heterocycles. The van der Waals surface area contributed by atoms with Crippen molar-refractivity contribution in [1.29, 1.82) is 0 Å². The van der Waals surface area contributed by atoms with Crippen LogP contribution in [0.2, 0.25) is 0 Å². The fourth-order valence-electron chi connectivity index (χ4n) is 1.37. The molecule has 0 N–H and O–H groups in total. The smallest absolute Gasteiger partial charge is 0.164 e. The summed E-state index contributed by atoms with van der Waals surface area (Å²) in [6.45, 7) is 3.37. The minimum Gasteiger partial charge on any atom is -0.494 e. The number of ketones is 1. The maximum Gasteiger partial charge on any atom is 0.164 e. The first kappa shape index (κ1) is 12.7. The van der Waals surface area contributed by atoms with E-state index in [-0.39, 0.29) is 5.78 Å². The van der Waals surface area contributed by atoms with Gasteiger partial charge in [0.25, 0.3) is 0 Å². The van der Waals surface area contributed by atoms with Gasteiger partial charge >= 0.3 is 0 Å². The standard InChI is InChI=1S/C13H19NO2/c1-4-16-12-7-5-11(6-8-12)13(15)9-10-14(2)3/h5-8H,4,9-10H2,1-3H3. The van der Waals surface area contributed by atoms with Gasteiger partial charge in [0, 0.05) is 18.5 Å². The third-order valence-electron chi connectivity index (χ3n) is 2.27. The Balaban J connectivity index is 2.56. The Morgan fingerprint density at radius 3 is 2.38 bits per heavy atom. The number of carbonyl (C=O) groups excluding carboxylic acids is 1. The second-order valence-corrected chi connectivity index (χ2v) is 3.93. The maximum absolute atomic E-state index is 11.8. The molecule has 0 radical (unpaired) electrons. The number of nitrogens with zero attached hydrogens (tertiary/aromatic N) is 1. The van der Waals surface area contributed by atoms with Crippen LogP contribution in [0.5, 0.6) is 5.75 Å². The minimum atomic E-state index is 0.178. The number of hydrogen-bond acceptors (Lipinski definition) is 3. The molecule has 1 aromatic carbocycles. The molecule has 0 aromatic heterocycles. The summed E-state index contributed by atoms with van der Waals surface area (Å²) in [6, 6.07) is 7.32. The SMILES string of the molecule is CCOc1ccc(C(=O)CCN(C)C)cc1. The molecule has 1 rings (SSSR count). The van der Waals surface area contributed by atoms with Gasteiger partial charge in [-0.1, -0.05) is 0 Å². The van der Waals surface area contributed by atoms with Crippen LogP contribution in [0.4, 0.5) is 0 Å². The summed E-state index contributed by atoms with van der Waals surface area (Å²) in [5, 5.41) is 0. The summed E-state index contributed by atoms with van der Waals surface area (Å²) in [7, 11) is 3.93. The second-order valence-electron chi connectivity index (χ2n) is 3.93. The van der Waals surface area contributed by atoms with Crippen molar-refractivity contribution in [2.24, 2.45) is 0 Å². The highest BCUT2D eigenvalue weighted by atomic mass is 16.5. The molecule has 0 spiro atoms. The van der Waals surface area contributed by atoms with Gasteiger partial charge in [0.2, 0.25) is 0 Å². The molecule has 0 bridgehead atoms. The van der Waals surface area contributed by atoms with Gasteiger partial charge in [-0.2, -0.15) is 0 Å². The minimum absolute atomic E-state index is 0.178. The number of carbonyl (C=O) groups is 1. The lowest BCUT2D eigenvalue weighted by atomic mass is 10.1. The Morgan fingerprint density at radius 2 is 1.88 bits per heavy atom. The Hall–Kier alpha value is -1.35. The van der Waals surface area contributed by atoms with Gasteiger partial charge in [-0.05, 0) is 45.3 Å². The van der Waals surface area contributed by atoms with Crippen LogP contribution in [0.1, 0.15) is 23.7 Å². The zero-order valence-electron chi connectivity index (χ0n) is 10.2. The maximum atomic E-state index is 11.8. The van der Waals surface area contributed by atoms with Gasteiger partial charge in [0.1, 0.15) is 5.75 Å². The lowest BCUT2D eigenvalue weighted by molar-refractivity contribution is 0.0972. The Morgan fingerprint density at radius 1 is 1.25 bits per heavy atom. The quantitative estimate of drug-likeness (QED) is 0.690. The molecule has 0 aliphatic heterocycles. The average Bonchev–Trinajstić information content (AvgIpc) is 2.27. The zero-order chi connectivity index (χ0) is 12.0. The summed E-state index contributed by atoms with van der Waals surface area (Å²) in [5.41, 5.74) is 0.755. The van der Waals surface area contributed by atoms with Crippen molar-refractivity contribution in [3.8, 4) is 5.75 Å². The van der Waals surface area contributed by atoms with Gasteiger partial charge < -0.3 is 9.64 Å². The summed E-state index contributed by atoms with van der Waals surface area (Å²) in [4.78, 5) is 13.8. The summed E-state index contributed by atoms with van der Waals surface area (Å²) in [5.74, 6) is 0.989. The molecule has 0 fully saturated rings. The van der Waals surface area contributed by atoms with E-state index < -0.39 is 0 Å². The first-order valence-electron chi connectivity index (χ1n) is 5.54. The highest BCUT2D eigenvalue weighted by Gasteiger charge is 2.06. The predicted octanol–water partition coefficient (Wildman–Crippen LogP) is 2.22. The molecule has 1 aromatic rings. The van der Waals surface area contributed by atoms with Crippen LogP contribution in [0.15, 0.2) is 24.3 Å². The molecule has 88 valence electrons. The molecular formula is C13H19NO2. The monoisotopic (exact) mass is 221 g/mol. The molecule has 0 aliphatic carbocycles. The average molecular weight is 221 g/mol. The summed E-state index contributed by atoms with van der Waals surface area (Å²) >= 11 is 0. The van der Waals surface area contributed by atoms with Gasteiger partial charge in [0.15, 0.2) is 5.78 Å². The van der Waals surface area contributed by atoms with E-state index in [2.05, 4.69) is 0 Å². The van der Waals surface area contributed by atoms with Crippen molar-refractivity contribution in [3.05, 3.63) is 29.8 Å². The third kappa shape index (κ3) is 4.03. The van der Waals surface area contributed by atoms with Crippen LogP contribution in [-0.2, 0) is 0 Å². The largest absolute Gasteiger partial charge is 0.494 e. The Bertz CT molecular complexity index is 330. The fourth-order valence-corrected chi connectivity index (χ4v) is 1.37. The van der Waals surface area contributed by atoms with E-state index in [0.717, 1.165) is 17.9 Å². The van der Waals surface area contributed by atoms with E-state index >= 15 is 0 Å². The third-order valence-corrected chi connectivity index (χ3v) is 2.27. The van der Waals surface area contributed by atoms with Crippen LogP contribution in [0.3, 0.4) is 0 Å². The highest BCUT2D eigenvalue weighted by molar-refractivity contribution is 5.96. The van der Waals surface area contributed by atoms with Crippen molar-refractivity contribution in [2.75, 3.05) is 27.2 Å². The van der Waals surface area contributed by atoms with Crippen LogP contribution in [0.25, 0.3) is 0 Å². The van der Waals surface area contributed by atoms with Crippen molar-refractivity contribution < 1.29 is 9.53 Å². The molecular weight excluding hydrogens is 202 g/mol. The Kier molecular flexibility index (Phi) is 4.99. The molecule has 0 unspecified atom stereocenters.